The van der Waals surface area contributed by atoms with E-state index in [2.05, 4.69) is 0 Å². The van der Waals surface area contributed by atoms with Crippen LogP contribution < -0.4 is 5.73 Å². The van der Waals surface area contributed by atoms with E-state index in [0.29, 0.717) is 33.0 Å². The Morgan fingerprint density at radius 3 is 2.54 bits per heavy atom. The highest BCUT2D eigenvalue weighted by Gasteiger charge is 2.21. The Hall–Kier alpha value is -2.79. The van der Waals surface area contributed by atoms with Gasteiger partial charge in [-0.05, 0) is 49.4 Å². The van der Waals surface area contributed by atoms with E-state index in [0.717, 1.165) is 0 Å². The molecule has 122 valence electrons. The average Bonchev–Trinajstić information content (AvgIpc) is 2.94. The summed E-state index contributed by atoms with van der Waals surface area (Å²) in [4.78, 5) is 25.0. The van der Waals surface area contributed by atoms with Crippen LogP contribution in [0.25, 0.3) is 5.52 Å². The second-order valence-corrected chi connectivity index (χ2v) is 5.65. The molecule has 1 aromatic carbocycles. The first-order valence-corrected chi connectivity index (χ1v) is 7.77. The number of halogens is 1. The van der Waals surface area contributed by atoms with E-state index in [1.807, 2.05) is 0 Å². The molecule has 0 aliphatic heterocycles. The summed E-state index contributed by atoms with van der Waals surface area (Å²) in [5, 5.41) is 0.548. The van der Waals surface area contributed by atoms with Gasteiger partial charge in [-0.2, -0.15) is 0 Å². The molecule has 0 amide bonds. The van der Waals surface area contributed by atoms with Crippen LogP contribution in [0.5, 0.6) is 0 Å². The minimum Gasteiger partial charge on any atom is -0.462 e. The molecule has 0 radical (unpaired) electrons. The fourth-order valence-corrected chi connectivity index (χ4v) is 2.64. The van der Waals surface area contributed by atoms with Crippen molar-refractivity contribution < 1.29 is 14.3 Å². The van der Waals surface area contributed by atoms with Gasteiger partial charge in [0.15, 0.2) is 0 Å². The highest BCUT2D eigenvalue weighted by atomic mass is 35.5. The number of benzene rings is 1. The van der Waals surface area contributed by atoms with E-state index in [9.17, 15) is 9.59 Å². The third-order valence-corrected chi connectivity index (χ3v) is 3.88. The monoisotopic (exact) mass is 342 g/mol. The van der Waals surface area contributed by atoms with Crippen molar-refractivity contribution in [2.24, 2.45) is 0 Å². The fourth-order valence-electron chi connectivity index (χ4n) is 2.51. The molecule has 0 saturated heterocycles. The van der Waals surface area contributed by atoms with Crippen LogP contribution in [0.2, 0.25) is 5.02 Å². The summed E-state index contributed by atoms with van der Waals surface area (Å²) in [7, 11) is 0. The van der Waals surface area contributed by atoms with Gasteiger partial charge in [-0.1, -0.05) is 11.6 Å². The minimum absolute atomic E-state index is 0.220. The van der Waals surface area contributed by atoms with Crippen LogP contribution in [0, 0.1) is 0 Å². The first-order chi connectivity index (χ1) is 11.5. The predicted octanol–water partition coefficient (Wildman–Crippen LogP) is 3.58. The van der Waals surface area contributed by atoms with Crippen LogP contribution in [-0.4, -0.2) is 22.8 Å². The highest BCUT2D eigenvalue weighted by Crippen LogP contribution is 2.23. The summed E-state index contributed by atoms with van der Waals surface area (Å²) >= 11 is 5.86. The molecule has 0 atom stereocenters. The van der Waals surface area contributed by atoms with E-state index >= 15 is 0 Å². The molecular formula is C18H15ClN2O3. The van der Waals surface area contributed by atoms with Crippen molar-refractivity contribution >= 4 is 34.6 Å². The largest absolute Gasteiger partial charge is 0.462 e. The number of carbonyl (C=O) groups is 2. The first-order valence-electron chi connectivity index (χ1n) is 7.39. The Balaban J connectivity index is 2.15. The molecule has 0 aliphatic rings. The third-order valence-electron chi connectivity index (χ3n) is 3.63. The topological polar surface area (TPSA) is 73.8 Å². The molecule has 2 heterocycles. The van der Waals surface area contributed by atoms with E-state index < -0.39 is 5.97 Å². The number of pyridine rings is 1. The van der Waals surface area contributed by atoms with Crippen molar-refractivity contribution in [1.82, 2.24) is 4.40 Å². The molecule has 2 N–H and O–H groups in total. The maximum atomic E-state index is 12.8. The molecule has 2 aromatic heterocycles. The number of nitrogen functional groups attached to an aromatic ring is 1. The Bertz CT molecular complexity index is 929. The number of esters is 1. The molecule has 0 fully saturated rings. The lowest BCUT2D eigenvalue weighted by Gasteiger charge is -2.04. The Morgan fingerprint density at radius 2 is 1.88 bits per heavy atom. The Labute approximate surface area is 143 Å². The zero-order valence-corrected chi connectivity index (χ0v) is 13.7. The van der Waals surface area contributed by atoms with Gasteiger partial charge in [0.2, 0.25) is 5.78 Å². The van der Waals surface area contributed by atoms with Gasteiger partial charge in [0.1, 0.15) is 0 Å². The zero-order chi connectivity index (χ0) is 17.3. The van der Waals surface area contributed by atoms with Crippen molar-refractivity contribution in [2.75, 3.05) is 12.3 Å². The highest BCUT2D eigenvalue weighted by molar-refractivity contribution is 6.30. The standard InChI is InChI=1S/C18H15ClN2O3/c1-2-24-18(23)14-10-16(21-8-7-13(20)9-15(14)21)17(22)11-3-5-12(19)6-4-11/h3-10H,2,20H2,1H3. The maximum Gasteiger partial charge on any atom is 0.340 e. The lowest BCUT2D eigenvalue weighted by atomic mass is 10.1. The number of rotatable bonds is 4. The second-order valence-electron chi connectivity index (χ2n) is 5.22. The average molecular weight is 343 g/mol. The van der Waals surface area contributed by atoms with Crippen molar-refractivity contribution in [2.45, 2.75) is 6.92 Å². The zero-order valence-electron chi connectivity index (χ0n) is 13.0. The Morgan fingerprint density at radius 1 is 1.17 bits per heavy atom. The molecule has 24 heavy (non-hydrogen) atoms. The SMILES string of the molecule is CCOC(=O)c1cc(C(=O)c2ccc(Cl)cc2)n2ccc(N)cc12. The number of ketones is 1. The summed E-state index contributed by atoms with van der Waals surface area (Å²) in [6, 6.07) is 11.4. The molecule has 0 unspecified atom stereocenters. The first kappa shape index (κ1) is 16.1. The number of anilines is 1. The molecule has 6 heteroatoms. The van der Waals surface area contributed by atoms with Crippen LogP contribution in [0.4, 0.5) is 5.69 Å². The summed E-state index contributed by atoms with van der Waals surface area (Å²) in [5.41, 5.74) is 7.99. The smallest absolute Gasteiger partial charge is 0.340 e. The quantitative estimate of drug-likeness (QED) is 0.581. The molecule has 3 rings (SSSR count). The number of carbonyl (C=O) groups excluding carboxylic acids is 2. The molecular weight excluding hydrogens is 328 g/mol. The lowest BCUT2D eigenvalue weighted by molar-refractivity contribution is 0.0529. The third kappa shape index (κ3) is 2.86. The van der Waals surface area contributed by atoms with Gasteiger partial charge in [0.05, 0.1) is 23.4 Å². The van der Waals surface area contributed by atoms with Crippen LogP contribution in [-0.2, 0) is 4.74 Å². The number of ether oxygens (including phenoxy) is 1. The maximum absolute atomic E-state index is 12.8. The molecule has 0 bridgehead atoms. The van der Waals surface area contributed by atoms with Gasteiger partial charge < -0.3 is 14.9 Å². The van der Waals surface area contributed by atoms with Crippen molar-refractivity contribution in [3.8, 4) is 0 Å². The fraction of sp³-hybridized carbons (Fsp3) is 0.111. The van der Waals surface area contributed by atoms with Crippen LogP contribution in [0.1, 0.15) is 33.3 Å². The normalized spacial score (nSPS) is 10.8. The number of aromatic nitrogens is 1. The molecule has 0 saturated carbocycles. The van der Waals surface area contributed by atoms with E-state index in [1.54, 1.807) is 53.9 Å². The van der Waals surface area contributed by atoms with E-state index in [4.69, 9.17) is 22.1 Å². The number of hydrogen-bond acceptors (Lipinski definition) is 4. The van der Waals surface area contributed by atoms with Gasteiger partial charge in [-0.3, -0.25) is 4.79 Å². The predicted molar refractivity (Wildman–Crippen MR) is 92.7 cm³/mol. The number of nitrogens with zero attached hydrogens (tertiary/aromatic N) is 1. The van der Waals surface area contributed by atoms with Crippen LogP contribution in [0.15, 0.2) is 48.7 Å². The molecule has 3 aromatic rings. The van der Waals surface area contributed by atoms with Crippen molar-refractivity contribution in [3.63, 3.8) is 0 Å². The van der Waals surface area contributed by atoms with Crippen molar-refractivity contribution in [1.29, 1.82) is 0 Å². The van der Waals surface area contributed by atoms with Gasteiger partial charge in [-0.25, -0.2) is 4.79 Å². The Kier molecular flexibility index (Phi) is 4.27. The van der Waals surface area contributed by atoms with Gasteiger partial charge in [0, 0.05) is 22.5 Å². The van der Waals surface area contributed by atoms with E-state index in [-0.39, 0.29) is 12.4 Å². The van der Waals surface area contributed by atoms with Gasteiger partial charge >= 0.3 is 5.97 Å². The summed E-state index contributed by atoms with van der Waals surface area (Å²) < 4.78 is 6.71. The number of fused-ring (bicyclic) bond motifs is 1. The second kappa shape index (κ2) is 6.37. The minimum atomic E-state index is -0.490. The summed E-state index contributed by atoms with van der Waals surface area (Å²) in [5.74, 6) is -0.710. The number of hydrogen-bond donors (Lipinski definition) is 1. The number of nitrogens with two attached hydrogens (primary N) is 1. The van der Waals surface area contributed by atoms with E-state index in [1.165, 1.54) is 6.07 Å². The molecule has 5 nitrogen and oxygen atoms in total. The van der Waals surface area contributed by atoms with Gasteiger partial charge in [0.25, 0.3) is 0 Å². The van der Waals surface area contributed by atoms with Crippen molar-refractivity contribution in [3.05, 3.63) is 70.5 Å². The van der Waals surface area contributed by atoms with Crippen LogP contribution >= 0.6 is 11.6 Å². The van der Waals surface area contributed by atoms with Gasteiger partial charge in [-0.15, -0.1) is 0 Å². The molecule has 0 aliphatic carbocycles. The lowest BCUT2D eigenvalue weighted by Crippen LogP contribution is -2.05. The summed E-state index contributed by atoms with van der Waals surface area (Å²) in [6.07, 6.45) is 1.66. The van der Waals surface area contributed by atoms with Crippen LogP contribution in [0.3, 0.4) is 0 Å². The molecule has 0 spiro atoms. The summed E-state index contributed by atoms with van der Waals surface area (Å²) in [6.45, 7) is 1.98.